The van der Waals surface area contributed by atoms with E-state index in [2.05, 4.69) is 5.32 Å². The van der Waals surface area contributed by atoms with Gasteiger partial charge >= 0.3 is 0 Å². The number of carbonyl (C=O) groups is 1. The highest BCUT2D eigenvalue weighted by molar-refractivity contribution is 5.82. The minimum absolute atomic E-state index is 0.0791. The predicted molar refractivity (Wildman–Crippen MR) is 84.3 cm³/mol. The van der Waals surface area contributed by atoms with Gasteiger partial charge < -0.3 is 15.2 Å². The summed E-state index contributed by atoms with van der Waals surface area (Å²) in [4.78, 5) is 12.6. The summed E-state index contributed by atoms with van der Waals surface area (Å²) < 4.78 is 6.10. The third-order valence-corrected chi connectivity index (χ3v) is 4.90. The second-order valence-electron chi connectivity index (χ2n) is 6.71. The standard InChI is InChI=1S/C18H25NO3/c20-13-18(10-11-18)12-19-17(21)16(14-6-2-1-3-7-14)22-15-8-4-5-9-15/h1-3,6-7,15-16,20H,4-5,8-13H2,(H,19,21). The second kappa shape index (κ2) is 6.80. The summed E-state index contributed by atoms with van der Waals surface area (Å²) in [6.45, 7) is 0.687. The molecule has 3 rings (SSSR count). The van der Waals surface area contributed by atoms with Crippen molar-refractivity contribution in [1.82, 2.24) is 5.32 Å². The average molecular weight is 303 g/mol. The van der Waals surface area contributed by atoms with E-state index in [1.807, 2.05) is 30.3 Å². The van der Waals surface area contributed by atoms with Gasteiger partial charge in [-0.2, -0.15) is 0 Å². The second-order valence-corrected chi connectivity index (χ2v) is 6.71. The fraction of sp³-hybridized carbons (Fsp3) is 0.611. The van der Waals surface area contributed by atoms with Gasteiger partial charge in [-0.05, 0) is 31.2 Å². The molecular formula is C18H25NO3. The van der Waals surface area contributed by atoms with E-state index in [-0.39, 0.29) is 24.0 Å². The smallest absolute Gasteiger partial charge is 0.253 e. The number of benzene rings is 1. The molecule has 22 heavy (non-hydrogen) atoms. The zero-order valence-corrected chi connectivity index (χ0v) is 13.0. The van der Waals surface area contributed by atoms with Crippen LogP contribution < -0.4 is 5.32 Å². The molecule has 1 aromatic carbocycles. The normalized spacial score (nSPS) is 21.5. The molecule has 1 aromatic rings. The summed E-state index contributed by atoms with van der Waals surface area (Å²) in [5, 5.41) is 12.4. The Hall–Kier alpha value is -1.39. The molecule has 4 nitrogen and oxygen atoms in total. The number of aliphatic hydroxyl groups is 1. The third kappa shape index (κ3) is 3.68. The van der Waals surface area contributed by atoms with Crippen LogP contribution in [0.2, 0.25) is 0 Å². The van der Waals surface area contributed by atoms with Gasteiger partial charge in [0.05, 0.1) is 12.7 Å². The third-order valence-electron chi connectivity index (χ3n) is 4.90. The minimum atomic E-state index is -0.543. The summed E-state index contributed by atoms with van der Waals surface area (Å²) in [5.74, 6) is -0.0853. The fourth-order valence-electron chi connectivity index (χ4n) is 3.07. The molecule has 0 saturated heterocycles. The lowest BCUT2D eigenvalue weighted by Gasteiger charge is -2.23. The first-order valence-corrected chi connectivity index (χ1v) is 8.31. The van der Waals surface area contributed by atoms with E-state index >= 15 is 0 Å². The van der Waals surface area contributed by atoms with Crippen molar-refractivity contribution in [2.75, 3.05) is 13.2 Å². The van der Waals surface area contributed by atoms with E-state index in [0.717, 1.165) is 31.2 Å². The van der Waals surface area contributed by atoms with E-state index in [1.165, 1.54) is 12.8 Å². The maximum Gasteiger partial charge on any atom is 0.253 e. The van der Waals surface area contributed by atoms with Gasteiger partial charge in [0.25, 0.3) is 5.91 Å². The Balaban J connectivity index is 1.65. The van der Waals surface area contributed by atoms with Gasteiger partial charge in [-0.25, -0.2) is 0 Å². The van der Waals surface area contributed by atoms with Gasteiger partial charge in [0.1, 0.15) is 0 Å². The van der Waals surface area contributed by atoms with E-state index in [4.69, 9.17) is 4.74 Å². The van der Waals surface area contributed by atoms with Crippen LogP contribution in [0.4, 0.5) is 0 Å². The Bertz CT molecular complexity index is 492. The van der Waals surface area contributed by atoms with Gasteiger partial charge in [-0.15, -0.1) is 0 Å². The minimum Gasteiger partial charge on any atom is -0.396 e. The van der Waals surface area contributed by atoms with Crippen LogP contribution in [0.1, 0.15) is 50.2 Å². The van der Waals surface area contributed by atoms with Gasteiger partial charge in [0, 0.05) is 12.0 Å². The molecule has 0 aliphatic heterocycles. The lowest BCUT2D eigenvalue weighted by molar-refractivity contribution is -0.137. The maximum absolute atomic E-state index is 12.6. The molecule has 0 aromatic heterocycles. The molecule has 2 fully saturated rings. The Kier molecular flexibility index (Phi) is 4.79. The van der Waals surface area contributed by atoms with Crippen LogP contribution in [0.3, 0.4) is 0 Å². The van der Waals surface area contributed by atoms with Crippen molar-refractivity contribution >= 4 is 5.91 Å². The van der Waals surface area contributed by atoms with E-state index in [1.54, 1.807) is 0 Å². The van der Waals surface area contributed by atoms with E-state index in [9.17, 15) is 9.90 Å². The zero-order valence-electron chi connectivity index (χ0n) is 13.0. The molecule has 0 bridgehead atoms. The predicted octanol–water partition coefficient (Wildman–Crippen LogP) is 2.58. The first-order chi connectivity index (χ1) is 10.7. The van der Waals surface area contributed by atoms with Crippen LogP contribution in [0.25, 0.3) is 0 Å². The number of nitrogens with one attached hydrogen (secondary N) is 1. The monoisotopic (exact) mass is 303 g/mol. The number of amides is 1. The van der Waals surface area contributed by atoms with Crippen LogP contribution >= 0.6 is 0 Å². The first kappa shape index (κ1) is 15.5. The summed E-state index contributed by atoms with van der Waals surface area (Å²) >= 11 is 0. The summed E-state index contributed by atoms with van der Waals surface area (Å²) in [7, 11) is 0. The molecule has 0 heterocycles. The number of ether oxygens (including phenoxy) is 1. The van der Waals surface area contributed by atoms with Crippen LogP contribution in [0.15, 0.2) is 30.3 Å². The molecule has 1 amide bonds. The Morgan fingerprint density at radius 3 is 2.55 bits per heavy atom. The lowest BCUT2D eigenvalue weighted by atomic mass is 10.1. The fourth-order valence-corrected chi connectivity index (χ4v) is 3.07. The largest absolute Gasteiger partial charge is 0.396 e. The highest BCUT2D eigenvalue weighted by Gasteiger charge is 2.42. The van der Waals surface area contributed by atoms with Crippen molar-refractivity contribution in [3.05, 3.63) is 35.9 Å². The highest BCUT2D eigenvalue weighted by Crippen LogP contribution is 2.44. The van der Waals surface area contributed by atoms with Gasteiger partial charge in [-0.3, -0.25) is 4.79 Å². The molecule has 120 valence electrons. The number of carbonyl (C=O) groups excluding carboxylic acids is 1. The van der Waals surface area contributed by atoms with Crippen LogP contribution in [-0.2, 0) is 9.53 Å². The van der Waals surface area contributed by atoms with E-state index in [0.29, 0.717) is 6.54 Å². The molecule has 2 saturated carbocycles. The van der Waals surface area contributed by atoms with Gasteiger partial charge in [-0.1, -0.05) is 43.2 Å². The molecule has 2 N–H and O–H groups in total. The molecule has 1 atom stereocenters. The van der Waals surface area contributed by atoms with Crippen LogP contribution in [0.5, 0.6) is 0 Å². The summed E-state index contributed by atoms with van der Waals surface area (Å²) in [6, 6.07) is 9.70. The van der Waals surface area contributed by atoms with Gasteiger partial charge in [0.15, 0.2) is 6.10 Å². The molecule has 4 heteroatoms. The van der Waals surface area contributed by atoms with Crippen molar-refractivity contribution < 1.29 is 14.6 Å². The number of aliphatic hydroxyl groups excluding tert-OH is 1. The molecular weight excluding hydrogens is 278 g/mol. The number of rotatable bonds is 7. The molecule has 0 radical (unpaired) electrons. The van der Waals surface area contributed by atoms with Crippen molar-refractivity contribution in [3.63, 3.8) is 0 Å². The summed E-state index contributed by atoms with van der Waals surface area (Å²) in [6.07, 6.45) is 6.06. The lowest BCUT2D eigenvalue weighted by Crippen LogP contribution is -2.37. The van der Waals surface area contributed by atoms with Crippen molar-refractivity contribution in [2.24, 2.45) is 5.41 Å². The average Bonchev–Trinajstić information content (AvgIpc) is 3.17. The SMILES string of the molecule is O=C(NCC1(CO)CC1)C(OC1CCCC1)c1ccccc1. The number of hydrogen-bond acceptors (Lipinski definition) is 3. The van der Waals surface area contributed by atoms with Crippen LogP contribution in [0, 0.1) is 5.41 Å². The Morgan fingerprint density at radius 2 is 1.95 bits per heavy atom. The zero-order chi connectivity index (χ0) is 15.4. The highest BCUT2D eigenvalue weighted by atomic mass is 16.5. The quantitative estimate of drug-likeness (QED) is 0.814. The Labute approximate surface area is 131 Å². The Morgan fingerprint density at radius 1 is 1.27 bits per heavy atom. The van der Waals surface area contributed by atoms with Crippen LogP contribution in [-0.4, -0.2) is 30.3 Å². The van der Waals surface area contributed by atoms with E-state index < -0.39 is 6.10 Å². The topological polar surface area (TPSA) is 58.6 Å². The van der Waals surface area contributed by atoms with Gasteiger partial charge in [0.2, 0.25) is 0 Å². The summed E-state index contributed by atoms with van der Waals surface area (Å²) in [5.41, 5.74) is 0.824. The molecule has 1 unspecified atom stereocenters. The van der Waals surface area contributed by atoms with Crippen molar-refractivity contribution in [2.45, 2.75) is 50.7 Å². The first-order valence-electron chi connectivity index (χ1n) is 8.31. The molecule has 2 aliphatic rings. The molecule has 0 spiro atoms. The van der Waals surface area contributed by atoms with Crippen molar-refractivity contribution in [1.29, 1.82) is 0 Å². The molecule has 2 aliphatic carbocycles. The maximum atomic E-state index is 12.6. The van der Waals surface area contributed by atoms with Crippen molar-refractivity contribution in [3.8, 4) is 0 Å². The number of hydrogen-bond donors (Lipinski definition) is 2.